The number of nitrogens with one attached hydrogen (secondary N) is 1. The summed E-state index contributed by atoms with van der Waals surface area (Å²) in [7, 11) is 0. The Hall–Kier alpha value is -1.41. The van der Waals surface area contributed by atoms with Crippen LogP contribution in [0.4, 0.5) is 19.0 Å². The van der Waals surface area contributed by atoms with Gasteiger partial charge in [0.2, 0.25) is 5.82 Å². The van der Waals surface area contributed by atoms with E-state index in [2.05, 4.69) is 36.1 Å². The Bertz CT molecular complexity index is 820. The summed E-state index contributed by atoms with van der Waals surface area (Å²) in [6.07, 6.45) is 2.43. The fraction of sp³-hybridized carbons (Fsp3) is 0.579. The van der Waals surface area contributed by atoms with Gasteiger partial charge < -0.3 is 5.32 Å². The zero-order chi connectivity index (χ0) is 19.0. The standard InChI is InChI=1S/C19H22BrF3N4/c20-12-7-8-16-15(10-12)17(26-18(25-16)19(21,22)23)24-13-4-3-9-27(11-13)14-5-1-2-6-14/h7-8,10,13-14H,1-6,9,11H2,(H,24,25,26). The van der Waals surface area contributed by atoms with Gasteiger partial charge in [-0.15, -0.1) is 0 Å². The lowest BCUT2D eigenvalue weighted by Crippen LogP contribution is -2.46. The van der Waals surface area contributed by atoms with Crippen LogP contribution in [0.15, 0.2) is 22.7 Å². The molecule has 2 aromatic rings. The Morgan fingerprint density at radius 3 is 2.59 bits per heavy atom. The molecule has 1 aromatic carbocycles. The largest absolute Gasteiger partial charge is 0.451 e. The Balaban J connectivity index is 1.62. The van der Waals surface area contributed by atoms with Gasteiger partial charge >= 0.3 is 6.18 Å². The van der Waals surface area contributed by atoms with Gasteiger partial charge in [-0.2, -0.15) is 13.2 Å². The normalized spacial score (nSPS) is 22.4. The molecule has 0 amide bonds. The predicted octanol–water partition coefficient (Wildman–Crippen LogP) is 5.23. The number of anilines is 1. The first-order valence-corrected chi connectivity index (χ1v) is 10.2. The monoisotopic (exact) mass is 442 g/mol. The number of nitrogens with zero attached hydrogens (tertiary/aromatic N) is 3. The smallest absolute Gasteiger partial charge is 0.365 e. The molecule has 2 aliphatic rings. The SMILES string of the molecule is FC(F)(F)c1nc(NC2CCCN(C3CCCC3)C2)c2cc(Br)ccc2n1. The molecule has 2 heterocycles. The fourth-order valence-corrected chi connectivity index (χ4v) is 4.62. The van der Waals surface area contributed by atoms with Gasteiger partial charge in [-0.3, -0.25) is 4.90 Å². The van der Waals surface area contributed by atoms with Crippen LogP contribution in [-0.4, -0.2) is 40.0 Å². The molecule has 0 spiro atoms. The molecule has 1 aliphatic carbocycles. The molecule has 8 heteroatoms. The number of benzene rings is 1. The number of rotatable bonds is 3. The van der Waals surface area contributed by atoms with Crippen LogP contribution in [-0.2, 0) is 6.18 Å². The molecular formula is C19H22BrF3N4. The fourth-order valence-electron chi connectivity index (χ4n) is 4.26. The summed E-state index contributed by atoms with van der Waals surface area (Å²) in [4.78, 5) is 10.1. The third kappa shape index (κ3) is 4.21. The summed E-state index contributed by atoms with van der Waals surface area (Å²) in [5.41, 5.74) is 0.298. The molecule has 4 rings (SSSR count). The molecule has 146 valence electrons. The van der Waals surface area contributed by atoms with Crippen LogP contribution >= 0.6 is 15.9 Å². The topological polar surface area (TPSA) is 41.1 Å². The molecule has 1 saturated heterocycles. The van der Waals surface area contributed by atoms with Crippen molar-refractivity contribution in [3.05, 3.63) is 28.5 Å². The van der Waals surface area contributed by atoms with Crippen LogP contribution in [0.1, 0.15) is 44.3 Å². The lowest BCUT2D eigenvalue weighted by Gasteiger charge is -2.37. The molecule has 27 heavy (non-hydrogen) atoms. The van der Waals surface area contributed by atoms with E-state index in [1.165, 1.54) is 25.7 Å². The van der Waals surface area contributed by atoms with Gasteiger partial charge in [-0.05, 0) is 50.4 Å². The van der Waals surface area contributed by atoms with Gasteiger partial charge in [0.05, 0.1) is 5.52 Å². The molecule has 1 unspecified atom stereocenters. The van der Waals surface area contributed by atoms with E-state index in [4.69, 9.17) is 0 Å². The van der Waals surface area contributed by atoms with Crippen LogP contribution in [0.25, 0.3) is 10.9 Å². The highest BCUT2D eigenvalue weighted by Gasteiger charge is 2.36. The van der Waals surface area contributed by atoms with Crippen molar-refractivity contribution in [1.82, 2.24) is 14.9 Å². The number of aromatic nitrogens is 2. The highest BCUT2D eigenvalue weighted by molar-refractivity contribution is 9.10. The van der Waals surface area contributed by atoms with E-state index in [1.54, 1.807) is 18.2 Å². The number of hydrogen-bond donors (Lipinski definition) is 1. The number of halogens is 4. The number of hydrogen-bond acceptors (Lipinski definition) is 4. The third-order valence-electron chi connectivity index (χ3n) is 5.55. The predicted molar refractivity (Wildman–Crippen MR) is 103 cm³/mol. The van der Waals surface area contributed by atoms with Crippen LogP contribution in [0.3, 0.4) is 0 Å². The van der Waals surface area contributed by atoms with Gasteiger partial charge in [-0.25, -0.2) is 9.97 Å². The summed E-state index contributed by atoms with van der Waals surface area (Å²) in [6.45, 7) is 1.93. The summed E-state index contributed by atoms with van der Waals surface area (Å²) in [6, 6.07) is 5.78. The second-order valence-electron chi connectivity index (χ2n) is 7.47. The van der Waals surface area contributed by atoms with Gasteiger partial charge in [0.25, 0.3) is 0 Å². The van der Waals surface area contributed by atoms with Gasteiger partial charge in [0, 0.05) is 28.5 Å². The number of alkyl halides is 3. The van der Waals surface area contributed by atoms with Crippen molar-refractivity contribution in [3.8, 4) is 0 Å². The summed E-state index contributed by atoms with van der Waals surface area (Å²) < 4.78 is 40.5. The highest BCUT2D eigenvalue weighted by atomic mass is 79.9. The van der Waals surface area contributed by atoms with Crippen molar-refractivity contribution in [2.24, 2.45) is 0 Å². The molecule has 0 radical (unpaired) electrons. The first-order valence-electron chi connectivity index (χ1n) is 9.45. The van der Waals surface area contributed by atoms with E-state index in [-0.39, 0.29) is 11.9 Å². The minimum atomic E-state index is -4.57. The Kier molecular flexibility index (Phi) is 5.29. The van der Waals surface area contributed by atoms with Crippen molar-refractivity contribution in [2.45, 2.75) is 56.8 Å². The average Bonchev–Trinajstić information content (AvgIpc) is 3.16. The van der Waals surface area contributed by atoms with E-state index in [0.717, 1.165) is 30.4 Å². The minimum Gasteiger partial charge on any atom is -0.365 e. The second kappa shape index (κ2) is 7.54. The second-order valence-corrected chi connectivity index (χ2v) is 8.39. The van der Waals surface area contributed by atoms with Crippen LogP contribution < -0.4 is 5.32 Å². The summed E-state index contributed by atoms with van der Waals surface area (Å²) in [5, 5.41) is 3.91. The van der Waals surface area contributed by atoms with Gasteiger partial charge in [-0.1, -0.05) is 28.8 Å². The molecular weight excluding hydrogens is 421 g/mol. The highest BCUT2D eigenvalue weighted by Crippen LogP contribution is 2.33. The molecule has 1 N–H and O–H groups in total. The van der Waals surface area contributed by atoms with Crippen molar-refractivity contribution >= 4 is 32.7 Å². The number of piperidine rings is 1. The lowest BCUT2D eigenvalue weighted by atomic mass is 10.0. The number of fused-ring (bicyclic) bond motifs is 1. The van der Waals surface area contributed by atoms with E-state index in [1.807, 2.05) is 0 Å². The lowest BCUT2D eigenvalue weighted by molar-refractivity contribution is -0.144. The van der Waals surface area contributed by atoms with E-state index in [0.29, 0.717) is 16.9 Å². The maximum atomic E-state index is 13.2. The molecule has 1 atom stereocenters. The van der Waals surface area contributed by atoms with Crippen LogP contribution in [0.2, 0.25) is 0 Å². The van der Waals surface area contributed by atoms with E-state index in [9.17, 15) is 13.2 Å². The third-order valence-corrected chi connectivity index (χ3v) is 6.04. The quantitative estimate of drug-likeness (QED) is 0.706. The molecule has 2 fully saturated rings. The molecule has 4 nitrogen and oxygen atoms in total. The zero-order valence-electron chi connectivity index (χ0n) is 14.9. The summed E-state index contributed by atoms with van der Waals surface area (Å²) in [5.74, 6) is -0.824. The molecule has 1 saturated carbocycles. The number of likely N-dealkylation sites (tertiary alicyclic amines) is 1. The van der Waals surface area contributed by atoms with Crippen LogP contribution in [0.5, 0.6) is 0 Å². The van der Waals surface area contributed by atoms with Crippen molar-refractivity contribution in [2.75, 3.05) is 18.4 Å². The van der Waals surface area contributed by atoms with Gasteiger partial charge in [0.1, 0.15) is 5.82 Å². The molecule has 1 aromatic heterocycles. The first kappa shape index (κ1) is 18.9. The molecule has 0 bridgehead atoms. The van der Waals surface area contributed by atoms with E-state index >= 15 is 0 Å². The zero-order valence-corrected chi connectivity index (χ0v) is 16.5. The minimum absolute atomic E-state index is 0.0949. The Morgan fingerprint density at radius 1 is 1.07 bits per heavy atom. The molecule has 1 aliphatic heterocycles. The summed E-state index contributed by atoms with van der Waals surface area (Å²) >= 11 is 3.39. The first-order chi connectivity index (χ1) is 12.9. The maximum absolute atomic E-state index is 13.2. The van der Waals surface area contributed by atoms with Gasteiger partial charge in [0.15, 0.2) is 0 Å². The maximum Gasteiger partial charge on any atom is 0.451 e. The van der Waals surface area contributed by atoms with Crippen molar-refractivity contribution < 1.29 is 13.2 Å². The van der Waals surface area contributed by atoms with Crippen LogP contribution in [0, 0.1) is 0 Å². The van der Waals surface area contributed by atoms with Crippen molar-refractivity contribution in [3.63, 3.8) is 0 Å². The van der Waals surface area contributed by atoms with Crippen molar-refractivity contribution in [1.29, 1.82) is 0 Å². The average molecular weight is 443 g/mol. The Morgan fingerprint density at radius 2 is 1.85 bits per heavy atom. The Labute approximate surface area is 164 Å². The van der Waals surface area contributed by atoms with E-state index < -0.39 is 12.0 Å².